The molecule has 1 aliphatic heterocycles. The summed E-state index contributed by atoms with van der Waals surface area (Å²) in [5, 5.41) is 2.54. The van der Waals surface area contributed by atoms with Crippen molar-refractivity contribution in [3.05, 3.63) is 162 Å². The highest BCUT2D eigenvalue weighted by atomic mass is 15.0. The summed E-state index contributed by atoms with van der Waals surface area (Å²) < 4.78 is 2.37. The van der Waals surface area contributed by atoms with Crippen molar-refractivity contribution >= 4 is 33.7 Å². The Morgan fingerprint density at radius 1 is 0.465 bits per heavy atom. The Labute approximate surface area is 250 Å². The van der Waals surface area contributed by atoms with Crippen LogP contribution < -0.4 is 0 Å². The predicted octanol–water partition coefficient (Wildman–Crippen LogP) is 9.79. The standard InChI is InChI=1S/C40H27N3/c1-3-19-34-30(15-1)31-16-2-4-20-35(31)40-39(34)41-25-36(42-40)28-13-9-11-26(23-28)27-12-10-14-29(24-27)43-37-21-7-5-17-32(37)33-18-6-8-22-38(33)43/h1-25,39-40H. The number of nitrogens with zero attached hydrogens (tertiary/aromatic N) is 3. The first-order valence-corrected chi connectivity index (χ1v) is 14.8. The third-order valence-electron chi connectivity index (χ3n) is 8.96. The molecule has 7 aromatic rings. The molecule has 202 valence electrons. The molecular formula is C40H27N3. The number of hydrogen-bond acceptors (Lipinski definition) is 2. The quantitative estimate of drug-likeness (QED) is 0.210. The van der Waals surface area contributed by atoms with E-state index >= 15 is 0 Å². The van der Waals surface area contributed by atoms with Gasteiger partial charge in [-0.3, -0.25) is 9.98 Å². The molecule has 0 amide bonds. The zero-order valence-corrected chi connectivity index (χ0v) is 23.4. The second kappa shape index (κ2) is 9.50. The van der Waals surface area contributed by atoms with E-state index in [0.717, 1.165) is 22.5 Å². The van der Waals surface area contributed by atoms with E-state index in [1.54, 1.807) is 0 Å². The second-order valence-electron chi connectivity index (χ2n) is 11.4. The van der Waals surface area contributed by atoms with Crippen molar-refractivity contribution in [2.45, 2.75) is 12.1 Å². The van der Waals surface area contributed by atoms with Gasteiger partial charge in [-0.15, -0.1) is 0 Å². The van der Waals surface area contributed by atoms with Crippen LogP contribution in [0.1, 0.15) is 28.8 Å². The lowest BCUT2D eigenvalue weighted by Crippen LogP contribution is -2.22. The average Bonchev–Trinajstić information content (AvgIpc) is 3.43. The van der Waals surface area contributed by atoms with Gasteiger partial charge in [0.25, 0.3) is 0 Å². The summed E-state index contributed by atoms with van der Waals surface area (Å²) in [6, 6.07) is 52.1. The van der Waals surface area contributed by atoms with Crippen molar-refractivity contribution in [3.63, 3.8) is 0 Å². The van der Waals surface area contributed by atoms with E-state index in [-0.39, 0.29) is 12.1 Å². The maximum atomic E-state index is 5.34. The molecule has 6 aromatic carbocycles. The minimum atomic E-state index is -0.0339. The normalized spacial score (nSPS) is 16.9. The number of benzene rings is 6. The molecule has 0 saturated carbocycles. The van der Waals surface area contributed by atoms with Crippen LogP contribution in [0, 0.1) is 0 Å². The Morgan fingerprint density at radius 3 is 1.74 bits per heavy atom. The molecule has 0 saturated heterocycles. The summed E-state index contributed by atoms with van der Waals surface area (Å²) in [6.45, 7) is 0. The summed E-state index contributed by atoms with van der Waals surface area (Å²) in [5.41, 5.74) is 12.9. The molecular weight excluding hydrogens is 522 g/mol. The summed E-state index contributed by atoms with van der Waals surface area (Å²) >= 11 is 0. The fraction of sp³-hybridized carbons (Fsp3) is 0.0500. The SMILES string of the molecule is C1=NC2c3ccccc3-c3ccccc3C2N=C1c1cccc(-c2cccc(-n3c4ccccc4c4ccccc43)c2)c1. The second-order valence-corrected chi connectivity index (χ2v) is 11.4. The Morgan fingerprint density at radius 2 is 1.02 bits per heavy atom. The van der Waals surface area contributed by atoms with E-state index < -0.39 is 0 Å². The highest BCUT2D eigenvalue weighted by molar-refractivity contribution is 6.38. The van der Waals surface area contributed by atoms with Crippen molar-refractivity contribution in [1.82, 2.24) is 4.57 Å². The molecule has 0 bridgehead atoms. The molecule has 2 heterocycles. The molecule has 1 aromatic heterocycles. The number of aliphatic imine (C=N–C) groups is 2. The van der Waals surface area contributed by atoms with Gasteiger partial charge in [-0.05, 0) is 63.7 Å². The summed E-state index contributed by atoms with van der Waals surface area (Å²) in [5.74, 6) is 0. The molecule has 0 fully saturated rings. The van der Waals surface area contributed by atoms with E-state index in [2.05, 4.69) is 150 Å². The molecule has 2 aliphatic rings. The number of aromatic nitrogens is 1. The summed E-state index contributed by atoms with van der Waals surface area (Å²) in [4.78, 5) is 10.4. The number of rotatable bonds is 3. The first kappa shape index (κ1) is 24.1. The van der Waals surface area contributed by atoms with Gasteiger partial charge in [0.05, 0.1) is 16.7 Å². The van der Waals surface area contributed by atoms with Crippen LogP contribution in [-0.4, -0.2) is 16.5 Å². The van der Waals surface area contributed by atoms with Crippen molar-refractivity contribution in [2.75, 3.05) is 0 Å². The summed E-state index contributed by atoms with van der Waals surface area (Å²) in [7, 11) is 0. The molecule has 0 spiro atoms. The summed E-state index contributed by atoms with van der Waals surface area (Å²) in [6.07, 6.45) is 1.97. The number of para-hydroxylation sites is 2. The van der Waals surface area contributed by atoms with Gasteiger partial charge in [0, 0.05) is 28.2 Å². The minimum Gasteiger partial charge on any atom is -0.309 e. The Balaban J connectivity index is 1.12. The Hall–Kier alpha value is -5.54. The van der Waals surface area contributed by atoms with Gasteiger partial charge in [0.2, 0.25) is 0 Å². The Bertz CT molecular complexity index is 2210. The van der Waals surface area contributed by atoms with E-state index in [1.807, 2.05) is 6.21 Å². The maximum absolute atomic E-state index is 5.34. The zero-order chi connectivity index (χ0) is 28.3. The molecule has 3 heteroatoms. The van der Waals surface area contributed by atoms with E-state index in [0.29, 0.717) is 0 Å². The van der Waals surface area contributed by atoms with Crippen molar-refractivity contribution in [3.8, 4) is 27.9 Å². The van der Waals surface area contributed by atoms with Crippen molar-refractivity contribution in [2.24, 2.45) is 9.98 Å². The highest BCUT2D eigenvalue weighted by Gasteiger charge is 2.34. The van der Waals surface area contributed by atoms with Crippen LogP contribution in [-0.2, 0) is 0 Å². The maximum Gasteiger partial charge on any atom is 0.103 e. The fourth-order valence-corrected chi connectivity index (χ4v) is 7.01. The van der Waals surface area contributed by atoms with Gasteiger partial charge >= 0.3 is 0 Å². The third kappa shape index (κ3) is 3.75. The third-order valence-corrected chi connectivity index (χ3v) is 8.96. The van der Waals surface area contributed by atoms with Crippen molar-refractivity contribution < 1.29 is 0 Å². The average molecular weight is 550 g/mol. The zero-order valence-electron chi connectivity index (χ0n) is 23.4. The molecule has 43 heavy (non-hydrogen) atoms. The van der Waals surface area contributed by atoms with Crippen LogP contribution in [0.3, 0.4) is 0 Å². The van der Waals surface area contributed by atoms with E-state index in [1.165, 1.54) is 49.6 Å². The topological polar surface area (TPSA) is 29.6 Å². The van der Waals surface area contributed by atoms with Crippen LogP contribution in [0.15, 0.2) is 156 Å². The first-order valence-electron chi connectivity index (χ1n) is 14.8. The minimum absolute atomic E-state index is 0.000862. The molecule has 9 rings (SSSR count). The number of hydrogen-bond donors (Lipinski definition) is 0. The van der Waals surface area contributed by atoms with Gasteiger partial charge in [0.15, 0.2) is 0 Å². The van der Waals surface area contributed by atoms with Gasteiger partial charge < -0.3 is 4.57 Å². The molecule has 2 atom stereocenters. The molecule has 0 N–H and O–H groups in total. The van der Waals surface area contributed by atoms with Crippen molar-refractivity contribution in [1.29, 1.82) is 0 Å². The lowest BCUT2D eigenvalue weighted by molar-refractivity contribution is 0.570. The number of fused-ring (bicyclic) bond motifs is 9. The van der Waals surface area contributed by atoms with Gasteiger partial charge in [0.1, 0.15) is 12.1 Å². The van der Waals surface area contributed by atoms with E-state index in [9.17, 15) is 0 Å². The largest absolute Gasteiger partial charge is 0.309 e. The van der Waals surface area contributed by atoms with Crippen LogP contribution in [0.2, 0.25) is 0 Å². The smallest absolute Gasteiger partial charge is 0.103 e. The lowest BCUT2D eigenvalue weighted by Gasteiger charge is -2.33. The van der Waals surface area contributed by atoms with Crippen LogP contribution >= 0.6 is 0 Å². The Kier molecular flexibility index (Phi) is 5.32. The predicted molar refractivity (Wildman–Crippen MR) is 179 cm³/mol. The van der Waals surface area contributed by atoms with Gasteiger partial charge in [-0.1, -0.05) is 115 Å². The monoisotopic (exact) mass is 549 g/mol. The van der Waals surface area contributed by atoms with Crippen LogP contribution in [0.5, 0.6) is 0 Å². The fourth-order valence-electron chi connectivity index (χ4n) is 7.01. The van der Waals surface area contributed by atoms with Crippen LogP contribution in [0.25, 0.3) is 49.7 Å². The van der Waals surface area contributed by atoms with Crippen LogP contribution in [0.4, 0.5) is 0 Å². The highest BCUT2D eigenvalue weighted by Crippen LogP contribution is 2.49. The van der Waals surface area contributed by atoms with E-state index in [4.69, 9.17) is 9.98 Å². The van der Waals surface area contributed by atoms with Gasteiger partial charge in [-0.25, -0.2) is 0 Å². The first-order chi connectivity index (χ1) is 21.3. The molecule has 2 unspecified atom stereocenters. The molecule has 1 aliphatic carbocycles. The molecule has 0 radical (unpaired) electrons. The lowest BCUT2D eigenvalue weighted by atomic mass is 9.79. The van der Waals surface area contributed by atoms with Gasteiger partial charge in [-0.2, -0.15) is 0 Å². The molecule has 3 nitrogen and oxygen atoms in total.